The van der Waals surface area contributed by atoms with E-state index in [0.717, 1.165) is 12.8 Å². The van der Waals surface area contributed by atoms with Gasteiger partial charge < -0.3 is 4.74 Å². The molecule has 0 aliphatic carbocycles. The minimum absolute atomic E-state index is 0.222. The van der Waals surface area contributed by atoms with Gasteiger partial charge >= 0.3 is 5.97 Å². The number of alkyl halides is 2. The summed E-state index contributed by atoms with van der Waals surface area (Å²) in [4.78, 5) is 11.1. The molecule has 0 rings (SSSR count). The number of rotatable bonds is 9. The number of carbonyl (C=O) groups excluding carboxylic acids is 1. The lowest BCUT2D eigenvalue weighted by Gasteiger charge is -2.04. The van der Waals surface area contributed by atoms with Gasteiger partial charge in [-0.05, 0) is 6.42 Å². The van der Waals surface area contributed by atoms with E-state index in [9.17, 15) is 4.79 Å². The predicted molar refractivity (Wildman–Crippen MR) is 67.5 cm³/mol. The smallest absolute Gasteiger partial charge is 0.308 e. The molecule has 0 aromatic heterocycles. The van der Waals surface area contributed by atoms with E-state index >= 15 is 0 Å². The fraction of sp³-hybridized carbons (Fsp3) is 0.909. The molecule has 4 heteroatoms. The average molecular weight is 300 g/mol. The first-order valence-corrected chi connectivity index (χ1v) is 6.95. The number of hydrogen-bond donors (Lipinski definition) is 0. The van der Waals surface area contributed by atoms with Crippen molar-refractivity contribution in [3.05, 3.63) is 0 Å². The van der Waals surface area contributed by atoms with Gasteiger partial charge in [0.1, 0.15) is 0 Å². The topological polar surface area (TPSA) is 26.3 Å². The van der Waals surface area contributed by atoms with Crippen LogP contribution in [0, 0.1) is 0 Å². The van der Waals surface area contributed by atoms with Crippen molar-refractivity contribution in [2.24, 2.45) is 0 Å². The molecule has 0 bridgehead atoms. The maximum Gasteiger partial charge on any atom is 0.308 e. The molecule has 1 unspecified atom stereocenters. The second-order valence-electron chi connectivity index (χ2n) is 3.58. The maximum atomic E-state index is 11.1. The molecule has 0 aromatic rings. The van der Waals surface area contributed by atoms with Crippen molar-refractivity contribution in [3.63, 3.8) is 0 Å². The lowest BCUT2D eigenvalue weighted by atomic mass is 10.1. The monoisotopic (exact) mass is 298 g/mol. The number of ether oxygens (including phenoxy) is 1. The van der Waals surface area contributed by atoms with E-state index in [-0.39, 0.29) is 16.7 Å². The van der Waals surface area contributed by atoms with Gasteiger partial charge in [0.2, 0.25) is 0 Å². The lowest BCUT2D eigenvalue weighted by molar-refractivity contribution is -0.143. The Kier molecular flexibility index (Phi) is 10.9. The first-order chi connectivity index (χ1) is 7.16. The van der Waals surface area contributed by atoms with Crippen molar-refractivity contribution in [2.75, 3.05) is 6.61 Å². The summed E-state index contributed by atoms with van der Waals surface area (Å²) in [5.74, 6) is -0.222. The first kappa shape index (κ1) is 15.2. The molecule has 0 heterocycles. The summed E-state index contributed by atoms with van der Waals surface area (Å²) in [6, 6.07) is 0. The predicted octanol–water partition coefficient (Wildman–Crippen LogP) is 4.24. The SMILES string of the molecule is CCCCCCCCOC(=O)CC(Cl)Br. The van der Waals surface area contributed by atoms with Gasteiger partial charge in [-0.25, -0.2) is 0 Å². The molecule has 0 N–H and O–H groups in total. The molecule has 0 radical (unpaired) electrons. The summed E-state index contributed by atoms with van der Waals surface area (Å²) in [6.07, 6.45) is 7.43. The molecular formula is C11H20BrClO2. The molecule has 0 aromatic carbocycles. The van der Waals surface area contributed by atoms with Crippen LogP contribution >= 0.6 is 27.5 Å². The zero-order chi connectivity index (χ0) is 11.5. The number of halogens is 2. The Balaban J connectivity index is 3.13. The van der Waals surface area contributed by atoms with Gasteiger partial charge in [0, 0.05) is 0 Å². The van der Waals surface area contributed by atoms with Crippen LogP contribution in [0.4, 0.5) is 0 Å². The average Bonchev–Trinajstić information content (AvgIpc) is 2.15. The largest absolute Gasteiger partial charge is 0.466 e. The van der Waals surface area contributed by atoms with Crippen molar-refractivity contribution in [3.8, 4) is 0 Å². The Morgan fingerprint density at radius 3 is 2.47 bits per heavy atom. The Morgan fingerprint density at radius 1 is 1.27 bits per heavy atom. The van der Waals surface area contributed by atoms with Crippen LogP contribution in [-0.2, 0) is 9.53 Å². The van der Waals surface area contributed by atoms with Crippen molar-refractivity contribution < 1.29 is 9.53 Å². The van der Waals surface area contributed by atoms with E-state index in [4.69, 9.17) is 16.3 Å². The van der Waals surface area contributed by atoms with E-state index in [1.54, 1.807) is 0 Å². The third-order valence-corrected chi connectivity index (χ3v) is 2.56. The summed E-state index contributed by atoms with van der Waals surface area (Å²) < 4.78 is 4.70. The zero-order valence-electron chi connectivity index (χ0n) is 9.31. The summed E-state index contributed by atoms with van der Waals surface area (Å²) in [5.41, 5.74) is 0. The van der Waals surface area contributed by atoms with Crippen LogP contribution in [-0.4, -0.2) is 16.9 Å². The van der Waals surface area contributed by atoms with E-state index < -0.39 is 0 Å². The molecule has 90 valence electrons. The standard InChI is InChI=1S/C11H20BrClO2/c1-2-3-4-5-6-7-8-15-11(14)9-10(12)13/h10H,2-9H2,1H3. The minimum Gasteiger partial charge on any atom is -0.466 e. The molecule has 0 amide bonds. The van der Waals surface area contributed by atoms with Crippen LogP contribution in [0.1, 0.15) is 51.9 Å². The fourth-order valence-electron chi connectivity index (χ4n) is 1.25. The number of unbranched alkanes of at least 4 members (excludes halogenated alkanes) is 5. The van der Waals surface area contributed by atoms with Gasteiger partial charge in [-0.2, -0.15) is 0 Å². The van der Waals surface area contributed by atoms with Crippen molar-refractivity contribution in [1.29, 1.82) is 0 Å². The third kappa shape index (κ3) is 12.2. The minimum atomic E-state index is -0.311. The van der Waals surface area contributed by atoms with E-state index in [0.29, 0.717) is 6.61 Å². The van der Waals surface area contributed by atoms with Crippen molar-refractivity contribution >= 4 is 33.5 Å². The fourth-order valence-corrected chi connectivity index (χ4v) is 1.64. The number of esters is 1. The van der Waals surface area contributed by atoms with E-state index in [2.05, 4.69) is 22.9 Å². The second kappa shape index (κ2) is 10.7. The summed E-state index contributed by atoms with van der Waals surface area (Å²) in [6.45, 7) is 2.73. The highest BCUT2D eigenvalue weighted by molar-refractivity contribution is 9.10. The van der Waals surface area contributed by atoms with E-state index in [1.807, 2.05) is 0 Å². The van der Waals surface area contributed by atoms with Gasteiger partial charge in [-0.15, -0.1) is 11.6 Å². The van der Waals surface area contributed by atoms with Crippen LogP contribution in [0.15, 0.2) is 0 Å². The van der Waals surface area contributed by atoms with Gasteiger partial charge in [-0.1, -0.05) is 55.0 Å². The van der Waals surface area contributed by atoms with Crippen LogP contribution in [0.2, 0.25) is 0 Å². The summed E-state index contributed by atoms with van der Waals surface area (Å²) in [7, 11) is 0. The number of hydrogen-bond acceptors (Lipinski definition) is 2. The van der Waals surface area contributed by atoms with Crippen molar-refractivity contribution in [2.45, 2.75) is 56.2 Å². The van der Waals surface area contributed by atoms with Crippen LogP contribution < -0.4 is 0 Å². The van der Waals surface area contributed by atoms with Gasteiger partial charge in [-0.3, -0.25) is 4.79 Å². The summed E-state index contributed by atoms with van der Waals surface area (Å²) >= 11 is 8.68. The molecule has 0 saturated carbocycles. The summed E-state index contributed by atoms with van der Waals surface area (Å²) in [5, 5.41) is 0. The Morgan fingerprint density at radius 2 is 1.87 bits per heavy atom. The zero-order valence-corrected chi connectivity index (χ0v) is 11.6. The van der Waals surface area contributed by atoms with Crippen LogP contribution in [0.3, 0.4) is 0 Å². The number of carbonyl (C=O) groups is 1. The molecule has 0 saturated heterocycles. The normalized spacial score (nSPS) is 12.5. The highest BCUT2D eigenvalue weighted by Crippen LogP contribution is 2.11. The quantitative estimate of drug-likeness (QED) is 0.361. The van der Waals surface area contributed by atoms with Gasteiger partial charge in [0.05, 0.1) is 17.3 Å². The Labute approximate surface area is 106 Å². The van der Waals surface area contributed by atoms with Crippen LogP contribution in [0.5, 0.6) is 0 Å². The van der Waals surface area contributed by atoms with Crippen LogP contribution in [0.25, 0.3) is 0 Å². The molecular weight excluding hydrogens is 279 g/mol. The highest BCUT2D eigenvalue weighted by atomic mass is 79.9. The maximum absolute atomic E-state index is 11.1. The van der Waals surface area contributed by atoms with Gasteiger partial charge in [0.15, 0.2) is 0 Å². The molecule has 0 aliphatic rings. The Bertz CT molecular complexity index is 163. The molecule has 0 aliphatic heterocycles. The molecule has 2 nitrogen and oxygen atoms in total. The third-order valence-electron chi connectivity index (χ3n) is 2.08. The first-order valence-electron chi connectivity index (χ1n) is 5.60. The molecule has 0 fully saturated rings. The Hall–Kier alpha value is 0.240. The molecule has 1 atom stereocenters. The highest BCUT2D eigenvalue weighted by Gasteiger charge is 2.07. The lowest BCUT2D eigenvalue weighted by Crippen LogP contribution is -2.08. The second-order valence-corrected chi connectivity index (χ2v) is 5.74. The van der Waals surface area contributed by atoms with Crippen molar-refractivity contribution in [1.82, 2.24) is 0 Å². The molecule has 15 heavy (non-hydrogen) atoms. The van der Waals surface area contributed by atoms with Gasteiger partial charge in [0.25, 0.3) is 0 Å². The van der Waals surface area contributed by atoms with E-state index in [1.165, 1.54) is 25.7 Å². The molecule has 0 spiro atoms.